The summed E-state index contributed by atoms with van der Waals surface area (Å²) in [5.74, 6) is -1.59. The number of pyridine rings is 2. The minimum atomic E-state index is -3.54. The second-order valence-electron chi connectivity index (χ2n) is 6.96. The predicted molar refractivity (Wildman–Crippen MR) is 151 cm³/mol. The monoisotopic (exact) mass is 818 g/mol. The van der Waals surface area contributed by atoms with Gasteiger partial charge >= 0.3 is 120 Å². The maximum absolute atomic E-state index is 12.2. The number of nitrogens with zero attached hydrogens (tertiary/aromatic N) is 2. The van der Waals surface area contributed by atoms with Crippen molar-refractivity contribution in [2.75, 3.05) is 6.61 Å². The number of aromatic nitrogens is 2. The topological polar surface area (TPSA) is 131 Å². The summed E-state index contributed by atoms with van der Waals surface area (Å²) >= 11 is 25.3. The molecule has 0 aliphatic carbocycles. The van der Waals surface area contributed by atoms with Crippen molar-refractivity contribution in [3.8, 4) is 11.5 Å². The minimum absolute atomic E-state index is 0. The zero-order valence-corrected chi connectivity index (χ0v) is 33.5. The Kier molecular flexibility index (Phi) is 25.0. The van der Waals surface area contributed by atoms with Crippen molar-refractivity contribution in [3.63, 3.8) is 0 Å². The van der Waals surface area contributed by atoms with Gasteiger partial charge in [-0.3, -0.25) is 4.79 Å². The third-order valence-corrected chi connectivity index (χ3v) is 5.89. The Balaban J connectivity index is -0.000000554. The molecule has 0 saturated carbocycles. The van der Waals surface area contributed by atoms with Crippen LogP contribution in [-0.4, -0.2) is 45.6 Å². The quantitative estimate of drug-likeness (QED) is 0.0466. The van der Waals surface area contributed by atoms with E-state index < -0.39 is 17.4 Å². The zero-order chi connectivity index (χ0) is 32.0. The average molecular weight is 821 g/mol. The van der Waals surface area contributed by atoms with Crippen LogP contribution in [0.15, 0.2) is 48.8 Å². The number of fused-ring (bicyclic) bond motifs is 2. The summed E-state index contributed by atoms with van der Waals surface area (Å²) in [6.07, 6.45) is 2.42. The number of ether oxygens (including phenoxy) is 2. The Morgan fingerprint density at radius 1 is 1.02 bits per heavy atom. The van der Waals surface area contributed by atoms with Crippen molar-refractivity contribution >= 4 is 96.3 Å². The average Bonchev–Trinajstić information content (AvgIpc) is 2.93. The van der Waals surface area contributed by atoms with Gasteiger partial charge in [0.25, 0.3) is 6.47 Å². The molecule has 20 heteroatoms. The third-order valence-electron chi connectivity index (χ3n) is 4.33. The summed E-state index contributed by atoms with van der Waals surface area (Å²) in [5.41, 5.74) is 0. The fraction of sp³-hybridized carbons (Fsp3) is 0.167. The molecule has 4 aromatic rings. The number of carbonyl (C=O) groups is 2. The summed E-state index contributed by atoms with van der Waals surface area (Å²) in [5, 5.41) is 21.2. The number of rotatable bonds is 5. The summed E-state index contributed by atoms with van der Waals surface area (Å²) in [6.45, 7) is -1.70. The van der Waals surface area contributed by atoms with Crippen LogP contribution in [0.25, 0.3) is 21.5 Å². The van der Waals surface area contributed by atoms with Crippen molar-refractivity contribution < 1.29 is 156 Å². The molecule has 0 radical (unpaired) electrons. The van der Waals surface area contributed by atoms with Gasteiger partial charge in [-0.05, 0) is 19.1 Å². The van der Waals surface area contributed by atoms with E-state index in [-0.39, 0.29) is 139 Å². The SMILES string of the molecule is CCOC(=O)C(F)(F)Br.FC(F)Oc1cnc(Cl)c2cccc(Cl)c12.O=CO[O-].Oc1cnc(Cl)c2cccc(Cl)c12.[H-].[K+].[K+]. The molecule has 2 aromatic carbocycles. The molecule has 1 N–H and O–H groups in total. The Morgan fingerprint density at radius 3 is 1.86 bits per heavy atom. The fourth-order valence-electron chi connectivity index (χ4n) is 2.80. The van der Waals surface area contributed by atoms with Crippen LogP contribution in [0, 0.1) is 0 Å². The summed E-state index contributed by atoms with van der Waals surface area (Å²) in [6, 6.07) is 10.1. The van der Waals surface area contributed by atoms with Crippen molar-refractivity contribution in [1.29, 1.82) is 0 Å². The number of hydrogen-bond acceptors (Lipinski definition) is 9. The first-order chi connectivity index (χ1) is 19.7. The van der Waals surface area contributed by atoms with E-state index in [9.17, 15) is 27.5 Å². The van der Waals surface area contributed by atoms with Gasteiger partial charge in [-0.25, -0.2) is 14.8 Å². The molecule has 2 aromatic heterocycles. The first-order valence-corrected chi connectivity index (χ1v) is 13.0. The van der Waals surface area contributed by atoms with Crippen LogP contribution in [0.2, 0.25) is 20.4 Å². The summed E-state index contributed by atoms with van der Waals surface area (Å²) in [4.78, 5) is 25.3. The number of carbonyl (C=O) groups excluding carboxylic acids is 2. The molecule has 44 heavy (non-hydrogen) atoms. The molecule has 230 valence electrons. The fourth-order valence-corrected chi connectivity index (χ4v) is 3.87. The summed E-state index contributed by atoms with van der Waals surface area (Å²) < 4.78 is 56.1. The first kappa shape index (κ1) is 46.5. The van der Waals surface area contributed by atoms with Gasteiger partial charge in [0.2, 0.25) is 0 Å². The maximum atomic E-state index is 12.2. The molecule has 0 atom stereocenters. The maximum Gasteiger partial charge on any atom is 1.00 e. The molecule has 0 fully saturated rings. The normalized spacial score (nSPS) is 9.91. The van der Waals surface area contributed by atoms with E-state index in [0.717, 1.165) is 6.20 Å². The number of aromatic hydroxyl groups is 1. The number of alkyl halides is 5. The van der Waals surface area contributed by atoms with Crippen molar-refractivity contribution in [3.05, 3.63) is 69.1 Å². The molecular weight excluding hydrogens is 804 g/mol. The second-order valence-corrected chi connectivity index (χ2v) is 9.49. The third kappa shape index (κ3) is 15.5. The van der Waals surface area contributed by atoms with Crippen molar-refractivity contribution in [2.45, 2.75) is 18.4 Å². The van der Waals surface area contributed by atoms with Gasteiger partial charge in [-0.1, -0.05) is 70.7 Å². The predicted octanol–water partition coefficient (Wildman–Crippen LogP) is 1.48. The molecule has 0 amide bonds. The number of halogens is 9. The van der Waals surface area contributed by atoms with E-state index >= 15 is 0 Å². The standard InChI is InChI=1S/C10H5Cl2F2NO.C9H5Cl2NO.C4H5BrF2O2.CH2O3.2K.H/c11-6-3-1-2-5-8(6)7(16-10(13)14)4-15-9(5)12;10-6-3-1-2-5-8(6)7(13)4-12-9(5)11;1-2-9-3(8)4(5,6)7;2-1-4-3;;;/h1-4,10H;1-4,13H;2H2,1H3;1,3H;;;/q;;;;2*+1;-1/p-1. The Morgan fingerprint density at radius 2 is 1.48 bits per heavy atom. The van der Waals surface area contributed by atoms with Crippen LogP contribution in [0.3, 0.4) is 0 Å². The van der Waals surface area contributed by atoms with Crippen LogP contribution >= 0.6 is 62.3 Å². The van der Waals surface area contributed by atoms with Gasteiger partial charge in [0, 0.05) is 37.5 Å². The first-order valence-electron chi connectivity index (χ1n) is 10.7. The Hall–Kier alpha value is 0.393. The molecule has 2 heterocycles. The number of hydrogen-bond donors (Lipinski definition) is 1. The summed E-state index contributed by atoms with van der Waals surface area (Å²) in [7, 11) is 0. The van der Waals surface area contributed by atoms with Crippen LogP contribution < -0.4 is 113 Å². The zero-order valence-electron chi connectivity index (χ0n) is 23.7. The van der Waals surface area contributed by atoms with Crippen LogP contribution in [-0.2, 0) is 19.2 Å². The van der Waals surface area contributed by atoms with Crippen LogP contribution in [0.1, 0.15) is 8.35 Å². The molecule has 0 spiro atoms. The van der Waals surface area contributed by atoms with E-state index in [1.165, 1.54) is 13.1 Å². The molecule has 0 unspecified atom stereocenters. The van der Waals surface area contributed by atoms with E-state index in [4.69, 9.17) is 56.5 Å². The van der Waals surface area contributed by atoms with Gasteiger partial charge in [-0.15, -0.1) is 0 Å². The van der Waals surface area contributed by atoms with Crippen LogP contribution in [0.5, 0.6) is 11.5 Å². The van der Waals surface area contributed by atoms with Gasteiger partial charge in [0.1, 0.15) is 16.1 Å². The largest absolute Gasteiger partial charge is 1.00 e. The molecule has 0 bridgehead atoms. The Labute approximate surface area is 362 Å². The van der Waals surface area contributed by atoms with E-state index in [1.807, 2.05) is 15.9 Å². The van der Waals surface area contributed by atoms with E-state index in [0.29, 0.717) is 31.7 Å². The molecular formula is C24H17BrCl4F4K2N2O7. The van der Waals surface area contributed by atoms with Gasteiger partial charge in [-0.2, -0.15) is 17.6 Å². The smallest absolute Gasteiger partial charge is 1.00 e. The van der Waals surface area contributed by atoms with Crippen molar-refractivity contribution in [2.24, 2.45) is 0 Å². The van der Waals surface area contributed by atoms with Crippen LogP contribution in [0.4, 0.5) is 17.6 Å². The second kappa shape index (κ2) is 23.7. The number of benzene rings is 2. The van der Waals surface area contributed by atoms with Gasteiger partial charge < -0.3 is 26.2 Å². The molecule has 0 aliphatic rings. The molecule has 4 rings (SSSR count). The van der Waals surface area contributed by atoms with E-state index in [1.54, 1.807) is 36.4 Å². The number of esters is 1. The van der Waals surface area contributed by atoms with Gasteiger partial charge in [0.15, 0.2) is 5.75 Å². The minimum Gasteiger partial charge on any atom is -1.00 e. The molecule has 0 aliphatic heterocycles. The molecule has 9 nitrogen and oxygen atoms in total. The molecule has 0 saturated heterocycles. The van der Waals surface area contributed by atoms with Gasteiger partial charge in [0.05, 0.1) is 29.0 Å². The van der Waals surface area contributed by atoms with E-state index in [2.05, 4.69) is 24.3 Å². The Bertz CT molecular complexity index is 1510. The van der Waals surface area contributed by atoms with Crippen molar-refractivity contribution in [1.82, 2.24) is 9.97 Å².